The molecule has 3 rings (SSSR count). The zero-order valence-electron chi connectivity index (χ0n) is 10.8. The van der Waals surface area contributed by atoms with Crippen molar-refractivity contribution in [1.82, 2.24) is 5.32 Å². The number of benzene rings is 1. The lowest BCUT2D eigenvalue weighted by atomic mass is 10.1. The summed E-state index contributed by atoms with van der Waals surface area (Å²) in [6.45, 7) is 2.07. The molecule has 2 aliphatic heterocycles. The molecule has 0 saturated carbocycles. The van der Waals surface area contributed by atoms with Crippen molar-refractivity contribution in [1.29, 1.82) is 0 Å². The largest absolute Gasteiger partial charge is 0.489 e. The first-order valence-electron chi connectivity index (χ1n) is 6.23. The number of fused-ring (bicyclic) bond motifs is 3. The molecule has 6 nitrogen and oxygen atoms in total. The van der Waals surface area contributed by atoms with Crippen LogP contribution in [0.5, 0.6) is 5.75 Å². The molecule has 1 saturated heterocycles. The molecule has 106 valence electrons. The van der Waals surface area contributed by atoms with Crippen LogP contribution in [0.2, 0.25) is 0 Å². The summed E-state index contributed by atoms with van der Waals surface area (Å²) in [4.78, 5) is 24.6. The summed E-state index contributed by atoms with van der Waals surface area (Å²) in [5.41, 5.74) is 0.694. The molecule has 0 aromatic heterocycles. The Labute approximate surface area is 124 Å². The number of cyclic esters (lactones) is 1. The monoisotopic (exact) mass is 340 g/mol. The molecule has 1 fully saturated rings. The van der Waals surface area contributed by atoms with Crippen molar-refractivity contribution in [3.05, 3.63) is 22.7 Å². The predicted molar refractivity (Wildman–Crippen MR) is 74.9 cm³/mol. The molecule has 20 heavy (non-hydrogen) atoms. The number of nitrogens with zero attached hydrogens (tertiary/aromatic N) is 1. The van der Waals surface area contributed by atoms with Crippen molar-refractivity contribution < 1.29 is 19.1 Å². The van der Waals surface area contributed by atoms with Crippen LogP contribution in [0.3, 0.4) is 0 Å². The van der Waals surface area contributed by atoms with Crippen molar-refractivity contribution >= 4 is 33.6 Å². The van der Waals surface area contributed by atoms with Crippen molar-refractivity contribution in [3.8, 4) is 5.75 Å². The second kappa shape index (κ2) is 4.97. The number of anilines is 1. The normalized spacial score (nSPS) is 23.5. The van der Waals surface area contributed by atoms with Gasteiger partial charge in [-0.15, -0.1) is 0 Å². The lowest BCUT2D eigenvalue weighted by Crippen LogP contribution is -2.47. The molecule has 2 heterocycles. The second-order valence-electron chi connectivity index (χ2n) is 4.72. The molecular formula is C13H13BrN2O4. The minimum Gasteiger partial charge on any atom is -0.489 e. The van der Waals surface area contributed by atoms with Gasteiger partial charge in [0.25, 0.3) is 0 Å². The van der Waals surface area contributed by atoms with Crippen molar-refractivity contribution in [2.45, 2.75) is 19.1 Å². The summed E-state index contributed by atoms with van der Waals surface area (Å²) in [6, 6.07) is 5.26. The van der Waals surface area contributed by atoms with E-state index in [4.69, 9.17) is 9.47 Å². The highest BCUT2D eigenvalue weighted by Crippen LogP contribution is 2.39. The van der Waals surface area contributed by atoms with Crippen LogP contribution in [-0.2, 0) is 9.53 Å². The Bertz CT molecular complexity index is 577. The van der Waals surface area contributed by atoms with Gasteiger partial charge in [0.2, 0.25) is 5.91 Å². The minimum absolute atomic E-state index is 0.152. The van der Waals surface area contributed by atoms with Gasteiger partial charge in [-0.3, -0.25) is 9.69 Å². The number of ether oxygens (including phenoxy) is 2. The Morgan fingerprint density at radius 1 is 1.55 bits per heavy atom. The summed E-state index contributed by atoms with van der Waals surface area (Å²) in [6.07, 6.45) is -0.805. The molecule has 0 radical (unpaired) electrons. The highest BCUT2D eigenvalue weighted by atomic mass is 79.9. The van der Waals surface area contributed by atoms with Gasteiger partial charge in [0.1, 0.15) is 24.5 Å². The van der Waals surface area contributed by atoms with Crippen LogP contribution in [0.15, 0.2) is 22.7 Å². The number of carbonyl (C=O) groups is 2. The Balaban J connectivity index is 1.86. The molecule has 1 aromatic carbocycles. The standard InChI is InChI=1S/C13H13BrN2O4/c1-7(17)15-5-12-10-6-19-11-4-8(14)2-3-9(11)16(10)13(18)20-12/h2-4,10,12H,5-6H2,1H3,(H,15,17)/t10-,12-/m0/s1. The number of hydrogen-bond acceptors (Lipinski definition) is 4. The Kier molecular flexibility index (Phi) is 3.29. The zero-order valence-corrected chi connectivity index (χ0v) is 12.3. The van der Waals surface area contributed by atoms with Gasteiger partial charge >= 0.3 is 6.09 Å². The van der Waals surface area contributed by atoms with Crippen LogP contribution in [-0.4, -0.2) is 37.3 Å². The fourth-order valence-electron chi connectivity index (χ4n) is 2.43. The maximum atomic E-state index is 12.0. The van der Waals surface area contributed by atoms with Crippen LogP contribution < -0.4 is 15.0 Å². The molecule has 0 spiro atoms. The van der Waals surface area contributed by atoms with Gasteiger partial charge in [-0.05, 0) is 18.2 Å². The average Bonchev–Trinajstić information content (AvgIpc) is 2.73. The summed E-state index contributed by atoms with van der Waals surface area (Å²) in [5, 5.41) is 2.67. The predicted octanol–water partition coefficient (Wildman–Crippen LogP) is 1.67. The van der Waals surface area contributed by atoms with Crippen molar-refractivity contribution in [2.75, 3.05) is 18.1 Å². The highest BCUT2D eigenvalue weighted by molar-refractivity contribution is 9.10. The summed E-state index contributed by atoms with van der Waals surface area (Å²) >= 11 is 3.37. The first-order chi connectivity index (χ1) is 9.56. The zero-order chi connectivity index (χ0) is 14.3. The van der Waals surface area contributed by atoms with E-state index in [1.54, 1.807) is 4.90 Å². The third-order valence-corrected chi connectivity index (χ3v) is 3.85. The third kappa shape index (κ3) is 2.22. The van der Waals surface area contributed by atoms with E-state index in [0.29, 0.717) is 18.0 Å². The average molecular weight is 341 g/mol. The van der Waals surface area contributed by atoms with Gasteiger partial charge in [-0.25, -0.2) is 4.79 Å². The number of nitrogens with one attached hydrogen (secondary N) is 1. The quantitative estimate of drug-likeness (QED) is 0.889. The summed E-state index contributed by atoms with van der Waals surface area (Å²) in [5.74, 6) is 0.494. The maximum Gasteiger partial charge on any atom is 0.415 e. The van der Waals surface area contributed by atoms with Gasteiger partial charge in [-0.1, -0.05) is 15.9 Å². The van der Waals surface area contributed by atoms with Gasteiger partial charge in [0.15, 0.2) is 0 Å². The Morgan fingerprint density at radius 2 is 2.35 bits per heavy atom. The molecule has 2 aliphatic rings. The lowest BCUT2D eigenvalue weighted by molar-refractivity contribution is -0.119. The third-order valence-electron chi connectivity index (χ3n) is 3.35. The number of amides is 2. The van der Waals surface area contributed by atoms with Crippen LogP contribution in [0.25, 0.3) is 0 Å². The summed E-state index contributed by atoms with van der Waals surface area (Å²) in [7, 11) is 0. The first kappa shape index (κ1) is 13.2. The van der Waals surface area contributed by atoms with E-state index in [9.17, 15) is 9.59 Å². The number of hydrogen-bond donors (Lipinski definition) is 1. The van der Waals surface area contributed by atoms with Crippen LogP contribution in [0.4, 0.5) is 10.5 Å². The molecule has 0 bridgehead atoms. The molecule has 0 unspecified atom stereocenters. The molecule has 1 N–H and O–H groups in total. The smallest absolute Gasteiger partial charge is 0.415 e. The van der Waals surface area contributed by atoms with Gasteiger partial charge < -0.3 is 14.8 Å². The first-order valence-corrected chi connectivity index (χ1v) is 7.02. The molecule has 1 aromatic rings. The van der Waals surface area contributed by atoms with E-state index in [2.05, 4.69) is 21.2 Å². The van der Waals surface area contributed by atoms with Crippen LogP contribution >= 0.6 is 15.9 Å². The fourth-order valence-corrected chi connectivity index (χ4v) is 2.77. The summed E-state index contributed by atoms with van der Waals surface area (Å²) < 4.78 is 11.9. The number of rotatable bonds is 2. The van der Waals surface area contributed by atoms with Gasteiger partial charge in [0.05, 0.1) is 12.2 Å². The molecule has 2 atom stereocenters. The van der Waals surface area contributed by atoms with Crippen LogP contribution in [0.1, 0.15) is 6.92 Å². The molecular weight excluding hydrogens is 328 g/mol. The van der Waals surface area contributed by atoms with E-state index in [-0.39, 0.29) is 18.5 Å². The minimum atomic E-state index is -0.405. The Hall–Kier alpha value is -1.76. The van der Waals surface area contributed by atoms with E-state index < -0.39 is 12.2 Å². The van der Waals surface area contributed by atoms with E-state index in [0.717, 1.165) is 4.47 Å². The van der Waals surface area contributed by atoms with E-state index in [1.807, 2.05) is 18.2 Å². The lowest BCUT2D eigenvalue weighted by Gasteiger charge is -2.31. The van der Waals surface area contributed by atoms with Crippen LogP contribution in [0, 0.1) is 0 Å². The fraction of sp³-hybridized carbons (Fsp3) is 0.385. The second-order valence-corrected chi connectivity index (χ2v) is 5.64. The SMILES string of the molecule is CC(=O)NC[C@@H]1OC(=O)N2c3ccc(Br)cc3OC[C@@H]12. The maximum absolute atomic E-state index is 12.0. The number of halogens is 1. The number of carbonyl (C=O) groups excluding carboxylic acids is 2. The van der Waals surface area contributed by atoms with Crippen molar-refractivity contribution in [2.24, 2.45) is 0 Å². The van der Waals surface area contributed by atoms with E-state index >= 15 is 0 Å². The van der Waals surface area contributed by atoms with Crippen molar-refractivity contribution in [3.63, 3.8) is 0 Å². The van der Waals surface area contributed by atoms with Gasteiger partial charge in [-0.2, -0.15) is 0 Å². The Morgan fingerprint density at radius 3 is 3.10 bits per heavy atom. The van der Waals surface area contributed by atoms with Gasteiger partial charge in [0, 0.05) is 11.4 Å². The molecule has 0 aliphatic carbocycles. The molecule has 2 amide bonds. The van der Waals surface area contributed by atoms with E-state index in [1.165, 1.54) is 6.92 Å². The molecule has 7 heteroatoms. The topological polar surface area (TPSA) is 67.9 Å². The highest BCUT2D eigenvalue weighted by Gasteiger charge is 2.46.